The Kier molecular flexibility index (Phi) is 6.21. The lowest BCUT2D eigenvalue weighted by Gasteiger charge is -2.31. The molecule has 0 spiro atoms. The second-order valence-corrected chi connectivity index (χ2v) is 8.44. The molecule has 158 valence electrons. The number of aromatic amines is 1. The Morgan fingerprint density at radius 2 is 1.93 bits per heavy atom. The van der Waals surface area contributed by atoms with Crippen LogP contribution in [0.25, 0.3) is 6.08 Å². The van der Waals surface area contributed by atoms with Crippen LogP contribution in [-0.4, -0.2) is 23.3 Å². The summed E-state index contributed by atoms with van der Waals surface area (Å²) in [5.74, 6) is 1.43. The highest BCUT2D eigenvalue weighted by molar-refractivity contribution is 6.34. The molecule has 0 saturated heterocycles. The van der Waals surface area contributed by atoms with Crippen molar-refractivity contribution >= 4 is 35.8 Å². The average molecular weight is 445 g/mol. The summed E-state index contributed by atoms with van der Waals surface area (Å²) >= 11 is 6.26. The molecular weight excluding hydrogens is 419 g/mol. The van der Waals surface area contributed by atoms with Crippen LogP contribution in [0, 0.1) is 12.8 Å². The maximum Gasteiger partial charge on any atom is 0.122 e. The van der Waals surface area contributed by atoms with E-state index in [0.29, 0.717) is 19.0 Å². The topological polar surface area (TPSA) is 61.8 Å². The first-order valence-electron chi connectivity index (χ1n) is 10.3. The Hall–Kier alpha value is -2.24. The van der Waals surface area contributed by atoms with Gasteiger partial charge in [-0.25, -0.2) is 0 Å². The highest BCUT2D eigenvalue weighted by atomic mass is 35.5. The van der Waals surface area contributed by atoms with Gasteiger partial charge in [0, 0.05) is 16.5 Å². The van der Waals surface area contributed by atoms with Gasteiger partial charge in [-0.2, -0.15) is 5.10 Å². The van der Waals surface area contributed by atoms with Gasteiger partial charge >= 0.3 is 0 Å². The number of aryl methyl sites for hydroxylation is 1. The highest BCUT2D eigenvalue weighted by Gasteiger charge is 2.31. The van der Waals surface area contributed by atoms with Crippen molar-refractivity contribution in [2.45, 2.75) is 45.3 Å². The van der Waals surface area contributed by atoms with Crippen LogP contribution < -0.4 is 20.9 Å². The molecule has 1 aliphatic carbocycles. The number of fused-ring (bicyclic) bond motifs is 3. The summed E-state index contributed by atoms with van der Waals surface area (Å²) in [4.78, 5) is 8.27. The van der Waals surface area contributed by atoms with Crippen molar-refractivity contribution < 1.29 is 4.74 Å². The third-order valence-corrected chi connectivity index (χ3v) is 6.34. The first-order valence-corrected chi connectivity index (χ1v) is 10.7. The molecule has 3 heterocycles. The molecule has 5 rings (SSSR count). The smallest absolute Gasteiger partial charge is 0.122 e. The minimum absolute atomic E-state index is 0. The number of nitrogens with one attached hydrogen (secondary N) is 2. The molecule has 0 radical (unpaired) electrons. The number of hydrogen-bond donors (Lipinski definition) is 2. The number of hydrogen-bond acceptors (Lipinski definition) is 4. The van der Waals surface area contributed by atoms with Gasteiger partial charge in [0.15, 0.2) is 0 Å². The first-order chi connectivity index (χ1) is 14.2. The van der Waals surface area contributed by atoms with Crippen molar-refractivity contribution in [1.29, 1.82) is 0 Å². The van der Waals surface area contributed by atoms with E-state index in [9.17, 15) is 0 Å². The molecular formula is C23H26Cl2N4O. The van der Waals surface area contributed by atoms with E-state index < -0.39 is 0 Å². The lowest BCUT2D eigenvalue weighted by molar-refractivity contribution is 0.143. The number of ether oxygens (including phenoxy) is 1. The first kappa shape index (κ1) is 21.0. The zero-order valence-electron chi connectivity index (χ0n) is 17.0. The lowest BCUT2D eigenvalue weighted by atomic mass is 9.82. The molecule has 30 heavy (non-hydrogen) atoms. The van der Waals surface area contributed by atoms with E-state index in [1.54, 1.807) is 0 Å². The van der Waals surface area contributed by atoms with Gasteiger partial charge in [-0.1, -0.05) is 29.8 Å². The molecule has 0 unspecified atom stereocenters. The Morgan fingerprint density at radius 3 is 2.73 bits per heavy atom. The third-order valence-electron chi connectivity index (χ3n) is 6.08. The largest absolute Gasteiger partial charge is 0.490 e. The van der Waals surface area contributed by atoms with E-state index in [1.165, 1.54) is 11.1 Å². The summed E-state index contributed by atoms with van der Waals surface area (Å²) in [5.41, 5.74) is 7.88. The summed E-state index contributed by atoms with van der Waals surface area (Å²) in [6.07, 6.45) is 8.40. The minimum atomic E-state index is 0. The van der Waals surface area contributed by atoms with Crippen LogP contribution in [0.15, 0.2) is 45.5 Å². The van der Waals surface area contributed by atoms with Crippen molar-refractivity contribution in [1.82, 2.24) is 10.4 Å². The third kappa shape index (κ3) is 4.01. The van der Waals surface area contributed by atoms with Crippen LogP contribution in [0.5, 0.6) is 5.75 Å². The number of aromatic nitrogens is 1. The number of rotatable bonds is 3. The van der Waals surface area contributed by atoms with Crippen molar-refractivity contribution in [2.75, 3.05) is 6.54 Å². The van der Waals surface area contributed by atoms with Crippen LogP contribution >= 0.6 is 24.0 Å². The molecule has 1 aromatic heterocycles. The van der Waals surface area contributed by atoms with Crippen molar-refractivity contribution in [3.63, 3.8) is 0 Å². The van der Waals surface area contributed by atoms with Gasteiger partial charge in [0.25, 0.3) is 0 Å². The Bertz CT molecular complexity index is 1110. The Labute approximate surface area is 187 Å². The molecule has 0 atom stereocenters. The molecule has 2 aromatic rings. The molecule has 7 heteroatoms. The van der Waals surface area contributed by atoms with Gasteiger partial charge in [-0.05, 0) is 56.4 Å². The molecule has 1 aromatic carbocycles. The van der Waals surface area contributed by atoms with Gasteiger partial charge in [0.1, 0.15) is 5.75 Å². The summed E-state index contributed by atoms with van der Waals surface area (Å²) in [7, 11) is 0. The predicted octanol–water partition coefficient (Wildman–Crippen LogP) is 3.73. The quantitative estimate of drug-likeness (QED) is 0.757. The molecule has 2 aliphatic heterocycles. The SMILES string of the molecule is Cc1ccccc1OC1CCC(C2=NNCc3c2[nH]c2c3=NCC=C(Cl)C=2)CC1.Cl. The van der Waals surface area contributed by atoms with Gasteiger partial charge < -0.3 is 15.1 Å². The number of para-hydroxylation sites is 1. The lowest BCUT2D eigenvalue weighted by Crippen LogP contribution is -2.33. The van der Waals surface area contributed by atoms with E-state index in [1.807, 2.05) is 18.2 Å². The van der Waals surface area contributed by atoms with Crippen LogP contribution in [0.3, 0.4) is 0 Å². The van der Waals surface area contributed by atoms with E-state index in [0.717, 1.165) is 58.6 Å². The van der Waals surface area contributed by atoms with Crippen LogP contribution in [0.2, 0.25) is 0 Å². The van der Waals surface area contributed by atoms with Gasteiger partial charge in [-0.3, -0.25) is 4.99 Å². The van der Waals surface area contributed by atoms with Crippen molar-refractivity contribution in [2.24, 2.45) is 16.0 Å². The number of benzene rings is 1. The standard InChI is InChI=1S/C23H25ClN4O.ClH/c1-14-4-2-3-5-20(14)29-17-8-6-15(7-9-17)21-23-18(13-26-28-21)22-19(27-23)12-16(24)10-11-25-22;/h2-5,10,12,15,17,26-27H,6-9,11,13H2,1H3;1H. The number of halogens is 2. The molecule has 0 amide bonds. The molecule has 3 aliphatic rings. The molecule has 2 N–H and O–H groups in total. The average Bonchev–Trinajstić information content (AvgIpc) is 2.96. The minimum Gasteiger partial charge on any atom is -0.490 e. The Morgan fingerprint density at radius 1 is 1.13 bits per heavy atom. The van der Waals surface area contributed by atoms with Crippen molar-refractivity contribution in [3.8, 4) is 5.75 Å². The monoisotopic (exact) mass is 444 g/mol. The summed E-state index contributed by atoms with van der Waals surface area (Å²) in [6.45, 7) is 3.41. The van der Waals surface area contributed by atoms with Gasteiger partial charge in [0.2, 0.25) is 0 Å². The molecule has 1 saturated carbocycles. The molecule has 0 bridgehead atoms. The fourth-order valence-corrected chi connectivity index (χ4v) is 4.70. The highest BCUT2D eigenvalue weighted by Crippen LogP contribution is 2.31. The van der Waals surface area contributed by atoms with E-state index in [-0.39, 0.29) is 18.5 Å². The number of H-pyrrole nitrogens is 1. The summed E-state index contributed by atoms with van der Waals surface area (Å²) in [6, 6.07) is 8.25. The fourth-order valence-electron chi connectivity index (χ4n) is 4.52. The van der Waals surface area contributed by atoms with E-state index in [2.05, 4.69) is 35.5 Å². The van der Waals surface area contributed by atoms with Crippen molar-refractivity contribution in [3.05, 3.63) is 62.9 Å². The Balaban J connectivity index is 0.00000218. The summed E-state index contributed by atoms with van der Waals surface area (Å²) < 4.78 is 6.28. The number of nitrogens with zero attached hydrogens (tertiary/aromatic N) is 2. The second-order valence-electron chi connectivity index (χ2n) is 8.00. The van der Waals surface area contributed by atoms with Gasteiger partial charge in [-0.15, -0.1) is 12.4 Å². The number of hydrazone groups is 1. The van der Waals surface area contributed by atoms with Crippen LogP contribution in [-0.2, 0) is 6.54 Å². The molecule has 5 nitrogen and oxygen atoms in total. The molecule has 1 fully saturated rings. The van der Waals surface area contributed by atoms with Crippen LogP contribution in [0.1, 0.15) is 42.5 Å². The zero-order chi connectivity index (χ0) is 19.8. The second kappa shape index (κ2) is 8.86. The maximum absolute atomic E-state index is 6.28. The van der Waals surface area contributed by atoms with Crippen LogP contribution in [0.4, 0.5) is 0 Å². The zero-order valence-corrected chi connectivity index (χ0v) is 18.5. The normalized spacial score (nSPS) is 22.5. The predicted molar refractivity (Wildman–Crippen MR) is 123 cm³/mol. The van der Waals surface area contributed by atoms with E-state index >= 15 is 0 Å². The van der Waals surface area contributed by atoms with Gasteiger partial charge in [0.05, 0.1) is 41.3 Å². The van der Waals surface area contributed by atoms with E-state index in [4.69, 9.17) is 26.4 Å². The number of allylic oxidation sites excluding steroid dienone is 1. The maximum atomic E-state index is 6.28. The summed E-state index contributed by atoms with van der Waals surface area (Å²) in [5, 5.41) is 7.43. The fraction of sp³-hybridized carbons (Fsp3) is 0.391.